The molecule has 0 aromatic heterocycles. The average Bonchev–Trinajstić information content (AvgIpc) is 1.59. The van der Waals surface area contributed by atoms with E-state index in [0.717, 1.165) is 6.26 Å². The molecule has 0 amide bonds. The van der Waals surface area contributed by atoms with Gasteiger partial charge in [0.15, 0.2) is 9.84 Å². The van der Waals surface area contributed by atoms with Gasteiger partial charge in [-0.1, -0.05) is 5.92 Å². The maximum absolute atomic E-state index is 10.3. The van der Waals surface area contributed by atoms with Gasteiger partial charge in [0.1, 0.15) is 5.75 Å². The van der Waals surface area contributed by atoms with Gasteiger partial charge in [-0.2, -0.15) is 0 Å². The van der Waals surface area contributed by atoms with E-state index in [1.165, 1.54) is 0 Å². The summed E-state index contributed by atoms with van der Waals surface area (Å²) in [5, 5.41) is 0. The molecule has 0 aromatic rings. The molecule has 0 radical (unpaired) electrons. The monoisotopic (exact) mass is 132 g/mol. The third kappa shape index (κ3) is 5.51. The summed E-state index contributed by atoms with van der Waals surface area (Å²) in [5.74, 6) is 4.92. The minimum absolute atomic E-state index is 0.0243. The zero-order chi connectivity index (χ0) is 6.62. The highest BCUT2D eigenvalue weighted by Gasteiger charge is 1.94. The van der Waals surface area contributed by atoms with Crippen LogP contribution in [0.3, 0.4) is 0 Å². The first-order valence-corrected chi connectivity index (χ1v) is 4.19. The van der Waals surface area contributed by atoms with Crippen LogP contribution in [-0.4, -0.2) is 20.4 Å². The Bertz CT molecular complexity index is 202. The van der Waals surface area contributed by atoms with Crippen LogP contribution in [0.2, 0.25) is 0 Å². The molecule has 46 valence electrons. The van der Waals surface area contributed by atoms with Crippen molar-refractivity contribution < 1.29 is 8.42 Å². The van der Waals surface area contributed by atoms with Crippen molar-refractivity contribution in [2.75, 3.05) is 12.0 Å². The molecule has 0 N–H and O–H groups in total. The SMILES string of the molecule is CC#CCS(C)(=O)=O. The smallest absolute Gasteiger partial charge is 0.158 e. The average molecular weight is 132 g/mol. The third-order valence-corrected chi connectivity index (χ3v) is 1.18. The van der Waals surface area contributed by atoms with Gasteiger partial charge in [0.05, 0.1) is 0 Å². The molecule has 0 atom stereocenters. The van der Waals surface area contributed by atoms with Crippen LogP contribution in [0.4, 0.5) is 0 Å². The van der Waals surface area contributed by atoms with Crippen molar-refractivity contribution in [3.05, 3.63) is 0 Å². The summed E-state index contributed by atoms with van der Waals surface area (Å²) in [6.45, 7) is 1.62. The third-order valence-electron chi connectivity index (χ3n) is 0.511. The quantitative estimate of drug-likeness (QED) is 0.472. The molecule has 0 rings (SSSR count). The molecule has 0 spiro atoms. The summed E-state index contributed by atoms with van der Waals surface area (Å²) in [6, 6.07) is 0. The first kappa shape index (κ1) is 7.51. The van der Waals surface area contributed by atoms with Gasteiger partial charge in [-0.05, 0) is 6.92 Å². The maximum Gasteiger partial charge on any atom is 0.158 e. The van der Waals surface area contributed by atoms with Crippen LogP contribution in [-0.2, 0) is 9.84 Å². The zero-order valence-corrected chi connectivity index (χ0v) is 5.75. The highest BCUT2D eigenvalue weighted by atomic mass is 32.2. The lowest BCUT2D eigenvalue weighted by molar-refractivity contribution is 0.605. The van der Waals surface area contributed by atoms with Crippen LogP contribution < -0.4 is 0 Å². The summed E-state index contributed by atoms with van der Waals surface area (Å²) in [5.41, 5.74) is 0. The molecule has 0 fully saturated rings. The molecular weight excluding hydrogens is 124 g/mol. The van der Waals surface area contributed by atoms with Crippen molar-refractivity contribution in [2.45, 2.75) is 6.92 Å². The Kier molecular flexibility index (Phi) is 2.56. The van der Waals surface area contributed by atoms with E-state index in [2.05, 4.69) is 11.8 Å². The highest BCUT2D eigenvalue weighted by molar-refractivity contribution is 7.90. The molecule has 0 aliphatic rings. The van der Waals surface area contributed by atoms with Gasteiger partial charge in [0.2, 0.25) is 0 Å². The second-order valence-corrected chi connectivity index (χ2v) is 3.64. The van der Waals surface area contributed by atoms with Gasteiger partial charge in [-0.15, -0.1) is 5.92 Å². The molecule has 0 saturated carbocycles. The predicted molar refractivity (Wildman–Crippen MR) is 33.2 cm³/mol. The van der Waals surface area contributed by atoms with Crippen molar-refractivity contribution in [2.24, 2.45) is 0 Å². The number of hydrogen-bond acceptors (Lipinski definition) is 2. The van der Waals surface area contributed by atoms with Crippen molar-refractivity contribution in [3.63, 3.8) is 0 Å². The van der Waals surface area contributed by atoms with Crippen molar-refractivity contribution in [1.29, 1.82) is 0 Å². The van der Waals surface area contributed by atoms with Gasteiger partial charge >= 0.3 is 0 Å². The molecular formula is C5H8O2S. The van der Waals surface area contributed by atoms with Gasteiger partial charge in [-0.3, -0.25) is 0 Å². The molecule has 8 heavy (non-hydrogen) atoms. The largest absolute Gasteiger partial charge is 0.228 e. The molecule has 0 heterocycles. The predicted octanol–water partition coefficient (Wildman–Crippen LogP) is 0.0543. The first-order valence-electron chi connectivity index (χ1n) is 2.13. The number of rotatable bonds is 1. The first-order chi connectivity index (χ1) is 3.56. The lowest BCUT2D eigenvalue weighted by atomic mass is 10.7. The van der Waals surface area contributed by atoms with Crippen molar-refractivity contribution in [1.82, 2.24) is 0 Å². The van der Waals surface area contributed by atoms with Crippen LogP contribution in [0.15, 0.2) is 0 Å². The van der Waals surface area contributed by atoms with E-state index in [1.54, 1.807) is 6.92 Å². The van der Waals surface area contributed by atoms with Crippen molar-refractivity contribution >= 4 is 9.84 Å². The summed E-state index contributed by atoms with van der Waals surface area (Å²) in [7, 11) is -2.86. The van der Waals surface area contributed by atoms with Crippen LogP contribution in [0.25, 0.3) is 0 Å². The van der Waals surface area contributed by atoms with E-state index in [0.29, 0.717) is 0 Å². The number of sulfone groups is 1. The zero-order valence-electron chi connectivity index (χ0n) is 4.93. The molecule has 0 aliphatic carbocycles. The molecule has 0 aliphatic heterocycles. The minimum atomic E-state index is -2.86. The maximum atomic E-state index is 10.3. The standard InChI is InChI=1S/C5H8O2S/c1-3-4-5-8(2,6)7/h5H2,1-2H3. The van der Waals surface area contributed by atoms with Crippen molar-refractivity contribution in [3.8, 4) is 11.8 Å². The number of hydrogen-bond donors (Lipinski definition) is 0. The summed E-state index contributed by atoms with van der Waals surface area (Å²) >= 11 is 0. The molecule has 0 unspecified atom stereocenters. The Labute approximate surface area is 49.8 Å². The Hall–Kier alpha value is -0.490. The van der Waals surface area contributed by atoms with Crippen LogP contribution >= 0.6 is 0 Å². The van der Waals surface area contributed by atoms with E-state index in [-0.39, 0.29) is 5.75 Å². The Morgan fingerprint density at radius 3 is 2.12 bits per heavy atom. The van der Waals surface area contributed by atoms with Gasteiger partial charge in [0.25, 0.3) is 0 Å². The molecule has 0 bridgehead atoms. The van der Waals surface area contributed by atoms with E-state index in [1.807, 2.05) is 0 Å². The van der Waals surface area contributed by atoms with Gasteiger partial charge in [0, 0.05) is 6.26 Å². The Balaban J connectivity index is 3.89. The van der Waals surface area contributed by atoms with E-state index >= 15 is 0 Å². The lowest BCUT2D eigenvalue weighted by Crippen LogP contribution is -1.99. The lowest BCUT2D eigenvalue weighted by Gasteiger charge is -1.82. The van der Waals surface area contributed by atoms with Crippen LogP contribution in [0.5, 0.6) is 0 Å². The summed E-state index contributed by atoms with van der Waals surface area (Å²) < 4.78 is 20.6. The normalized spacial score (nSPS) is 9.75. The fourth-order valence-corrected chi connectivity index (χ4v) is 0.610. The molecule has 2 nitrogen and oxygen atoms in total. The molecule has 3 heteroatoms. The fraction of sp³-hybridized carbons (Fsp3) is 0.600. The fourth-order valence-electron chi connectivity index (χ4n) is 0.203. The molecule has 0 aromatic carbocycles. The van der Waals surface area contributed by atoms with Gasteiger partial charge < -0.3 is 0 Å². The van der Waals surface area contributed by atoms with Crippen LogP contribution in [0, 0.1) is 11.8 Å². The Morgan fingerprint density at radius 2 is 2.00 bits per heavy atom. The minimum Gasteiger partial charge on any atom is -0.228 e. The van der Waals surface area contributed by atoms with E-state index in [4.69, 9.17) is 0 Å². The second-order valence-electron chi connectivity index (χ2n) is 1.50. The van der Waals surface area contributed by atoms with Gasteiger partial charge in [-0.25, -0.2) is 8.42 Å². The second kappa shape index (κ2) is 2.73. The van der Waals surface area contributed by atoms with E-state index in [9.17, 15) is 8.42 Å². The highest BCUT2D eigenvalue weighted by Crippen LogP contribution is 1.77. The van der Waals surface area contributed by atoms with Crippen LogP contribution in [0.1, 0.15) is 6.92 Å². The Morgan fingerprint density at radius 1 is 1.50 bits per heavy atom. The summed E-state index contributed by atoms with van der Waals surface area (Å²) in [6.07, 6.45) is 1.16. The van der Waals surface area contributed by atoms with E-state index < -0.39 is 9.84 Å². The molecule has 0 saturated heterocycles. The topological polar surface area (TPSA) is 34.1 Å². The summed E-state index contributed by atoms with van der Waals surface area (Å²) in [4.78, 5) is 0.